The molecule has 18 heavy (non-hydrogen) atoms. The number of benzene rings is 1. The SMILES string of the molecule is CNCCCc1nnc(Cc2cccc(O)c2)o1. The van der Waals surface area contributed by atoms with Gasteiger partial charge in [0.2, 0.25) is 11.8 Å². The number of aromatic hydroxyl groups is 1. The van der Waals surface area contributed by atoms with Gasteiger partial charge in [-0.1, -0.05) is 12.1 Å². The van der Waals surface area contributed by atoms with E-state index in [1.54, 1.807) is 18.2 Å². The monoisotopic (exact) mass is 247 g/mol. The first-order valence-corrected chi connectivity index (χ1v) is 6.01. The molecule has 96 valence electrons. The van der Waals surface area contributed by atoms with Gasteiger partial charge < -0.3 is 14.8 Å². The zero-order valence-corrected chi connectivity index (χ0v) is 10.4. The Kier molecular flexibility index (Phi) is 4.30. The second kappa shape index (κ2) is 6.16. The Morgan fingerprint density at radius 1 is 1.28 bits per heavy atom. The number of phenols is 1. The van der Waals surface area contributed by atoms with E-state index in [4.69, 9.17) is 4.42 Å². The van der Waals surface area contributed by atoms with Crippen LogP contribution in [0.25, 0.3) is 0 Å². The molecule has 5 heteroatoms. The summed E-state index contributed by atoms with van der Waals surface area (Å²) in [5.41, 5.74) is 0.959. The lowest BCUT2D eigenvalue weighted by atomic mass is 10.1. The van der Waals surface area contributed by atoms with Crippen LogP contribution in [-0.2, 0) is 12.8 Å². The molecular formula is C13H17N3O2. The molecule has 0 aliphatic carbocycles. The lowest BCUT2D eigenvalue weighted by Crippen LogP contribution is -2.08. The van der Waals surface area contributed by atoms with Gasteiger partial charge in [-0.25, -0.2) is 0 Å². The van der Waals surface area contributed by atoms with E-state index in [0.717, 1.165) is 24.9 Å². The zero-order chi connectivity index (χ0) is 12.8. The van der Waals surface area contributed by atoms with Crippen molar-refractivity contribution in [2.75, 3.05) is 13.6 Å². The van der Waals surface area contributed by atoms with Crippen LogP contribution in [0.3, 0.4) is 0 Å². The molecule has 0 unspecified atom stereocenters. The largest absolute Gasteiger partial charge is 0.508 e. The third-order valence-corrected chi connectivity index (χ3v) is 2.59. The molecule has 1 heterocycles. The van der Waals surface area contributed by atoms with Crippen molar-refractivity contribution in [3.8, 4) is 5.75 Å². The van der Waals surface area contributed by atoms with Crippen LogP contribution in [0.2, 0.25) is 0 Å². The maximum Gasteiger partial charge on any atom is 0.220 e. The summed E-state index contributed by atoms with van der Waals surface area (Å²) in [5.74, 6) is 1.50. The van der Waals surface area contributed by atoms with Crippen LogP contribution in [0.4, 0.5) is 0 Å². The minimum absolute atomic E-state index is 0.251. The van der Waals surface area contributed by atoms with E-state index in [-0.39, 0.29) is 5.75 Å². The van der Waals surface area contributed by atoms with Crippen molar-refractivity contribution in [3.05, 3.63) is 41.6 Å². The maximum atomic E-state index is 9.37. The summed E-state index contributed by atoms with van der Waals surface area (Å²) in [4.78, 5) is 0. The normalized spacial score (nSPS) is 10.7. The standard InChI is InChI=1S/C13H17N3O2/c1-14-7-3-6-12-15-16-13(18-12)9-10-4-2-5-11(17)8-10/h2,4-5,8,14,17H,3,6-7,9H2,1H3. The molecule has 2 rings (SSSR count). The molecule has 0 spiro atoms. The van der Waals surface area contributed by atoms with Crippen LogP contribution in [-0.4, -0.2) is 28.9 Å². The van der Waals surface area contributed by atoms with Gasteiger partial charge in [-0.15, -0.1) is 10.2 Å². The van der Waals surface area contributed by atoms with Gasteiger partial charge in [-0.3, -0.25) is 0 Å². The minimum atomic E-state index is 0.251. The Hall–Kier alpha value is -1.88. The predicted octanol–water partition coefficient (Wildman–Crippen LogP) is 1.52. The molecule has 5 nitrogen and oxygen atoms in total. The van der Waals surface area contributed by atoms with Crippen LogP contribution >= 0.6 is 0 Å². The number of nitrogens with one attached hydrogen (secondary N) is 1. The van der Waals surface area contributed by atoms with Crippen molar-refractivity contribution in [1.82, 2.24) is 15.5 Å². The van der Waals surface area contributed by atoms with Crippen LogP contribution in [0.15, 0.2) is 28.7 Å². The molecule has 0 saturated carbocycles. The molecule has 2 N–H and O–H groups in total. The molecule has 1 aromatic heterocycles. The molecule has 1 aromatic carbocycles. The van der Waals surface area contributed by atoms with Crippen molar-refractivity contribution in [1.29, 1.82) is 0 Å². The first-order chi connectivity index (χ1) is 8.78. The van der Waals surface area contributed by atoms with E-state index in [1.165, 1.54) is 0 Å². The number of rotatable bonds is 6. The second-order valence-electron chi connectivity index (χ2n) is 4.14. The van der Waals surface area contributed by atoms with E-state index in [9.17, 15) is 5.11 Å². The Balaban J connectivity index is 1.94. The fourth-order valence-corrected chi connectivity index (χ4v) is 1.72. The summed E-state index contributed by atoms with van der Waals surface area (Å²) in [6.07, 6.45) is 2.31. The molecule has 0 bridgehead atoms. The maximum absolute atomic E-state index is 9.37. The smallest absolute Gasteiger partial charge is 0.220 e. The van der Waals surface area contributed by atoms with Gasteiger partial charge in [0.05, 0.1) is 6.42 Å². The molecule has 0 saturated heterocycles. The summed E-state index contributed by atoms with van der Waals surface area (Å²) in [7, 11) is 1.92. The molecule has 0 aliphatic heterocycles. The molecule has 2 aromatic rings. The number of phenolic OH excluding ortho intramolecular Hbond substituents is 1. The van der Waals surface area contributed by atoms with Gasteiger partial charge in [0.25, 0.3) is 0 Å². The third-order valence-electron chi connectivity index (χ3n) is 2.59. The van der Waals surface area contributed by atoms with Crippen LogP contribution in [0, 0.1) is 0 Å². The molecule has 0 atom stereocenters. The first kappa shape index (κ1) is 12.6. The summed E-state index contributed by atoms with van der Waals surface area (Å²) < 4.78 is 5.54. The first-order valence-electron chi connectivity index (χ1n) is 6.01. The van der Waals surface area contributed by atoms with Gasteiger partial charge in [0.15, 0.2) is 0 Å². The summed E-state index contributed by atoms with van der Waals surface area (Å²) >= 11 is 0. The highest BCUT2D eigenvalue weighted by Crippen LogP contribution is 2.14. The third kappa shape index (κ3) is 3.56. The Morgan fingerprint density at radius 3 is 2.89 bits per heavy atom. The number of hydrogen-bond donors (Lipinski definition) is 2. The molecule has 0 aliphatic rings. The minimum Gasteiger partial charge on any atom is -0.508 e. The van der Waals surface area contributed by atoms with Gasteiger partial charge in [0.1, 0.15) is 5.75 Å². The summed E-state index contributed by atoms with van der Waals surface area (Å²) in [6.45, 7) is 0.935. The fourth-order valence-electron chi connectivity index (χ4n) is 1.72. The van der Waals surface area contributed by atoms with Crippen molar-refractivity contribution in [2.45, 2.75) is 19.3 Å². The van der Waals surface area contributed by atoms with E-state index in [0.29, 0.717) is 18.2 Å². The highest BCUT2D eigenvalue weighted by molar-refractivity contribution is 5.28. The Labute approximate surface area is 106 Å². The predicted molar refractivity (Wildman–Crippen MR) is 67.5 cm³/mol. The quantitative estimate of drug-likeness (QED) is 0.757. The van der Waals surface area contributed by atoms with Gasteiger partial charge in [-0.2, -0.15) is 0 Å². The van der Waals surface area contributed by atoms with Crippen LogP contribution in [0.5, 0.6) is 5.75 Å². The molecule has 0 amide bonds. The van der Waals surface area contributed by atoms with Gasteiger partial charge in [0, 0.05) is 6.42 Å². The van der Waals surface area contributed by atoms with Crippen molar-refractivity contribution in [2.24, 2.45) is 0 Å². The molecule has 0 radical (unpaired) electrons. The Bertz CT molecular complexity index is 496. The number of hydrogen-bond acceptors (Lipinski definition) is 5. The van der Waals surface area contributed by atoms with E-state index in [1.807, 2.05) is 13.1 Å². The van der Waals surface area contributed by atoms with E-state index < -0.39 is 0 Å². The summed E-state index contributed by atoms with van der Waals surface area (Å²) in [6, 6.07) is 7.06. The Morgan fingerprint density at radius 2 is 2.11 bits per heavy atom. The average Bonchev–Trinajstić information content (AvgIpc) is 2.77. The number of aryl methyl sites for hydroxylation is 1. The number of nitrogens with zero attached hydrogens (tertiary/aromatic N) is 2. The van der Waals surface area contributed by atoms with E-state index >= 15 is 0 Å². The highest BCUT2D eigenvalue weighted by Gasteiger charge is 2.07. The van der Waals surface area contributed by atoms with Crippen molar-refractivity contribution in [3.63, 3.8) is 0 Å². The average molecular weight is 247 g/mol. The van der Waals surface area contributed by atoms with Gasteiger partial charge >= 0.3 is 0 Å². The lowest BCUT2D eigenvalue weighted by molar-refractivity contribution is 0.450. The summed E-state index contributed by atoms with van der Waals surface area (Å²) in [5, 5.41) is 20.4. The second-order valence-corrected chi connectivity index (χ2v) is 4.14. The topological polar surface area (TPSA) is 71.2 Å². The molecule has 0 fully saturated rings. The molecular weight excluding hydrogens is 230 g/mol. The van der Waals surface area contributed by atoms with Crippen LogP contribution < -0.4 is 5.32 Å². The fraction of sp³-hybridized carbons (Fsp3) is 0.385. The highest BCUT2D eigenvalue weighted by atomic mass is 16.4. The van der Waals surface area contributed by atoms with Gasteiger partial charge in [-0.05, 0) is 37.7 Å². The zero-order valence-electron chi connectivity index (χ0n) is 10.4. The van der Waals surface area contributed by atoms with E-state index in [2.05, 4.69) is 15.5 Å². The number of aromatic nitrogens is 2. The van der Waals surface area contributed by atoms with Crippen molar-refractivity contribution >= 4 is 0 Å². The lowest BCUT2D eigenvalue weighted by Gasteiger charge is -1.97. The van der Waals surface area contributed by atoms with Crippen LogP contribution in [0.1, 0.15) is 23.8 Å². The van der Waals surface area contributed by atoms with Crippen molar-refractivity contribution < 1.29 is 9.52 Å².